The van der Waals surface area contributed by atoms with E-state index in [9.17, 15) is 14.0 Å². The second-order valence-electron chi connectivity index (χ2n) is 7.84. The van der Waals surface area contributed by atoms with Gasteiger partial charge in [-0.2, -0.15) is 0 Å². The van der Waals surface area contributed by atoms with Crippen molar-refractivity contribution in [3.05, 3.63) is 76.5 Å². The minimum absolute atomic E-state index is 0.124. The van der Waals surface area contributed by atoms with Gasteiger partial charge in [0.05, 0.1) is 13.0 Å². The van der Waals surface area contributed by atoms with Gasteiger partial charge < -0.3 is 14.0 Å². The molecule has 1 N–H and O–H groups in total. The van der Waals surface area contributed by atoms with Gasteiger partial charge in [-0.1, -0.05) is 47.6 Å². The summed E-state index contributed by atoms with van der Waals surface area (Å²) >= 11 is 1.36. The summed E-state index contributed by atoms with van der Waals surface area (Å²) < 4.78 is 29.9. The van der Waals surface area contributed by atoms with Crippen LogP contribution in [-0.2, 0) is 20.7 Å². The predicted octanol–water partition coefficient (Wildman–Crippen LogP) is 6.33. The molecule has 36 heavy (non-hydrogen) atoms. The molecule has 1 unspecified atom stereocenters. The first-order valence-corrected chi connectivity index (χ1v) is 12.1. The zero-order chi connectivity index (χ0) is 25.7. The van der Waals surface area contributed by atoms with Crippen molar-refractivity contribution in [1.29, 1.82) is 0 Å². The number of hydrogen-bond acceptors (Lipinski definition) is 8. The number of anilines is 1. The summed E-state index contributed by atoms with van der Waals surface area (Å²) in [6, 6.07) is 13.5. The maximum Gasteiger partial charge on any atom is 0.412 e. The predicted molar refractivity (Wildman–Crippen MR) is 133 cm³/mol. The number of carbonyl (C=O) groups is 2. The number of aryl methyl sites for hydroxylation is 1. The number of benzene rings is 2. The van der Waals surface area contributed by atoms with E-state index in [1.165, 1.54) is 17.4 Å². The van der Waals surface area contributed by atoms with E-state index in [-0.39, 0.29) is 23.7 Å². The summed E-state index contributed by atoms with van der Waals surface area (Å²) in [6.07, 6.45) is -1.47. The van der Waals surface area contributed by atoms with Crippen molar-refractivity contribution in [3.63, 3.8) is 0 Å². The Hall–Kier alpha value is -4.05. The standard InChI is InChI=1S/C26H24FN3O5S/c1-4-33-22(31)13-17-9-5-6-11-19(17)25-28-21(14-36-25)24-23(15(2)30-35-24)29-26(32)34-16(3)18-10-7-8-12-20(18)27/h5-12,14,16H,4,13H2,1-3H3,(H,29,32). The molecule has 0 radical (unpaired) electrons. The van der Waals surface area contributed by atoms with E-state index in [4.69, 9.17) is 14.0 Å². The van der Waals surface area contributed by atoms with Crippen molar-refractivity contribution in [3.8, 4) is 22.0 Å². The molecule has 2 aromatic heterocycles. The zero-order valence-corrected chi connectivity index (χ0v) is 20.7. The third-order valence-corrected chi connectivity index (χ3v) is 6.22. The molecular weight excluding hydrogens is 485 g/mol. The van der Waals surface area contributed by atoms with Crippen LogP contribution in [0.4, 0.5) is 14.9 Å². The molecule has 2 heterocycles. The Kier molecular flexibility index (Phi) is 7.74. The molecule has 8 nitrogen and oxygen atoms in total. The number of amides is 1. The van der Waals surface area contributed by atoms with Crippen LogP contribution in [0.15, 0.2) is 58.4 Å². The molecule has 0 bridgehead atoms. The highest BCUT2D eigenvalue weighted by Crippen LogP contribution is 2.36. The Morgan fingerprint density at radius 2 is 1.92 bits per heavy atom. The lowest BCUT2D eigenvalue weighted by molar-refractivity contribution is -0.142. The lowest BCUT2D eigenvalue weighted by Crippen LogP contribution is -2.17. The van der Waals surface area contributed by atoms with Gasteiger partial charge in [-0.25, -0.2) is 14.2 Å². The monoisotopic (exact) mass is 509 g/mol. The molecule has 1 amide bonds. The van der Waals surface area contributed by atoms with Gasteiger partial charge in [0.2, 0.25) is 5.76 Å². The average molecular weight is 510 g/mol. The smallest absolute Gasteiger partial charge is 0.412 e. The van der Waals surface area contributed by atoms with Crippen LogP contribution in [-0.4, -0.2) is 28.8 Å². The van der Waals surface area contributed by atoms with E-state index in [1.54, 1.807) is 44.4 Å². The third kappa shape index (κ3) is 5.60. The maximum absolute atomic E-state index is 14.0. The van der Waals surface area contributed by atoms with Gasteiger partial charge in [0.1, 0.15) is 34.0 Å². The number of carbonyl (C=O) groups excluding carboxylic acids is 2. The van der Waals surface area contributed by atoms with Crippen LogP contribution in [0.5, 0.6) is 0 Å². The van der Waals surface area contributed by atoms with Gasteiger partial charge in [-0.15, -0.1) is 11.3 Å². The summed E-state index contributed by atoms with van der Waals surface area (Å²) in [5, 5.41) is 9.04. The summed E-state index contributed by atoms with van der Waals surface area (Å²) in [5.41, 5.74) is 3.04. The van der Waals surface area contributed by atoms with Crippen LogP contribution in [0.25, 0.3) is 22.0 Å². The number of hydrogen-bond donors (Lipinski definition) is 1. The number of nitrogens with zero attached hydrogens (tertiary/aromatic N) is 2. The van der Waals surface area contributed by atoms with E-state index >= 15 is 0 Å². The number of esters is 1. The molecule has 4 rings (SSSR count). The quantitative estimate of drug-likeness (QED) is 0.277. The van der Waals surface area contributed by atoms with Crippen molar-refractivity contribution in [2.75, 3.05) is 11.9 Å². The molecule has 0 saturated carbocycles. The lowest BCUT2D eigenvalue weighted by atomic mass is 10.1. The Morgan fingerprint density at radius 3 is 2.69 bits per heavy atom. The number of aromatic nitrogens is 2. The molecule has 0 spiro atoms. The number of ether oxygens (including phenoxy) is 2. The third-order valence-electron chi connectivity index (χ3n) is 5.34. The van der Waals surface area contributed by atoms with E-state index in [0.29, 0.717) is 28.7 Å². The average Bonchev–Trinajstić information content (AvgIpc) is 3.47. The van der Waals surface area contributed by atoms with Gasteiger partial charge in [-0.05, 0) is 32.4 Å². The number of halogens is 1. The van der Waals surface area contributed by atoms with Gasteiger partial charge in [0, 0.05) is 16.5 Å². The molecule has 10 heteroatoms. The molecule has 0 saturated heterocycles. The molecule has 0 aliphatic rings. The summed E-state index contributed by atoms with van der Waals surface area (Å²) in [5.74, 6) is -0.520. The molecule has 1 atom stereocenters. The van der Waals surface area contributed by atoms with E-state index in [2.05, 4.69) is 15.5 Å². The first kappa shape index (κ1) is 25.1. The van der Waals surface area contributed by atoms with Crippen LogP contribution in [0.1, 0.15) is 36.8 Å². The Labute approximate surface area is 211 Å². The fraction of sp³-hybridized carbons (Fsp3) is 0.231. The lowest BCUT2D eigenvalue weighted by Gasteiger charge is -2.14. The number of rotatable bonds is 8. The van der Waals surface area contributed by atoms with Crippen LogP contribution < -0.4 is 5.32 Å². The Bertz CT molecular complexity index is 1380. The van der Waals surface area contributed by atoms with Crippen molar-refractivity contribution < 1.29 is 28.0 Å². The molecule has 0 fully saturated rings. The normalized spacial score (nSPS) is 11.7. The van der Waals surface area contributed by atoms with Crippen molar-refractivity contribution in [2.24, 2.45) is 0 Å². The SMILES string of the molecule is CCOC(=O)Cc1ccccc1-c1nc(-c2onc(C)c2NC(=O)OC(C)c2ccccc2F)cs1. The fourth-order valence-electron chi connectivity index (χ4n) is 3.60. The van der Waals surface area contributed by atoms with Crippen LogP contribution in [0.3, 0.4) is 0 Å². The Balaban J connectivity index is 1.54. The van der Waals surface area contributed by atoms with E-state index in [1.807, 2.05) is 24.3 Å². The number of nitrogens with one attached hydrogen (secondary N) is 1. The Morgan fingerprint density at radius 1 is 1.17 bits per heavy atom. The second-order valence-corrected chi connectivity index (χ2v) is 8.70. The maximum atomic E-state index is 14.0. The van der Waals surface area contributed by atoms with Gasteiger partial charge in [0.15, 0.2) is 0 Å². The largest absolute Gasteiger partial charge is 0.466 e. The topological polar surface area (TPSA) is 104 Å². The zero-order valence-electron chi connectivity index (χ0n) is 19.9. The molecule has 186 valence electrons. The van der Waals surface area contributed by atoms with E-state index in [0.717, 1.165) is 11.1 Å². The molecule has 2 aromatic carbocycles. The fourth-order valence-corrected chi connectivity index (χ4v) is 4.46. The summed E-state index contributed by atoms with van der Waals surface area (Å²) in [4.78, 5) is 29.3. The molecular formula is C26H24FN3O5S. The highest BCUT2D eigenvalue weighted by atomic mass is 32.1. The molecule has 4 aromatic rings. The van der Waals surface area contributed by atoms with Crippen LogP contribution in [0, 0.1) is 12.7 Å². The highest BCUT2D eigenvalue weighted by Gasteiger charge is 2.23. The first-order chi connectivity index (χ1) is 17.4. The number of thiazole rings is 1. The van der Waals surface area contributed by atoms with Crippen molar-refractivity contribution >= 4 is 29.1 Å². The second kappa shape index (κ2) is 11.1. The van der Waals surface area contributed by atoms with Crippen molar-refractivity contribution in [2.45, 2.75) is 33.3 Å². The summed E-state index contributed by atoms with van der Waals surface area (Å²) in [6.45, 7) is 5.33. The van der Waals surface area contributed by atoms with Crippen LogP contribution >= 0.6 is 11.3 Å². The molecule has 0 aliphatic heterocycles. The minimum Gasteiger partial charge on any atom is -0.466 e. The summed E-state index contributed by atoms with van der Waals surface area (Å²) in [7, 11) is 0. The van der Waals surface area contributed by atoms with Crippen molar-refractivity contribution in [1.82, 2.24) is 10.1 Å². The van der Waals surface area contributed by atoms with Gasteiger partial charge >= 0.3 is 12.1 Å². The molecule has 0 aliphatic carbocycles. The van der Waals surface area contributed by atoms with Gasteiger partial charge in [0.25, 0.3) is 0 Å². The first-order valence-electron chi connectivity index (χ1n) is 11.3. The van der Waals surface area contributed by atoms with E-state index < -0.39 is 18.0 Å². The highest BCUT2D eigenvalue weighted by molar-refractivity contribution is 7.13. The van der Waals surface area contributed by atoms with Gasteiger partial charge in [-0.3, -0.25) is 10.1 Å². The van der Waals surface area contributed by atoms with Crippen LogP contribution in [0.2, 0.25) is 0 Å². The minimum atomic E-state index is -0.809.